The van der Waals surface area contributed by atoms with E-state index in [-0.39, 0.29) is 11.9 Å². The molecule has 0 unspecified atom stereocenters. The summed E-state index contributed by atoms with van der Waals surface area (Å²) in [6.07, 6.45) is 0. The highest BCUT2D eigenvalue weighted by Crippen LogP contribution is 2.03. The first-order chi connectivity index (χ1) is 11.5. The van der Waals surface area contributed by atoms with E-state index in [2.05, 4.69) is 16.0 Å². The molecule has 0 aliphatic heterocycles. The maximum absolute atomic E-state index is 11.9. The van der Waals surface area contributed by atoms with Gasteiger partial charge in [0.05, 0.1) is 0 Å². The van der Waals surface area contributed by atoms with Crippen LogP contribution in [0, 0.1) is 13.8 Å². The lowest BCUT2D eigenvalue weighted by atomic mass is 10.1. The molecule has 2 aromatic rings. The Morgan fingerprint density at radius 3 is 2.25 bits per heavy atom. The van der Waals surface area contributed by atoms with Crippen LogP contribution in [0.3, 0.4) is 0 Å². The Labute approximate surface area is 142 Å². The van der Waals surface area contributed by atoms with Crippen LogP contribution in [0.4, 0.5) is 4.79 Å². The molecule has 0 saturated heterocycles. The predicted octanol–water partition coefficient (Wildman–Crippen LogP) is 2.53. The van der Waals surface area contributed by atoms with Crippen molar-refractivity contribution in [3.05, 3.63) is 70.8 Å². The molecule has 2 aromatic carbocycles. The first-order valence-corrected chi connectivity index (χ1v) is 7.97. The van der Waals surface area contributed by atoms with Crippen LogP contribution in [0.1, 0.15) is 27.0 Å². The van der Waals surface area contributed by atoms with E-state index in [1.807, 2.05) is 50.2 Å². The number of carbonyl (C=O) groups excluding carboxylic acids is 2. The van der Waals surface area contributed by atoms with Crippen LogP contribution in [0.5, 0.6) is 0 Å². The molecule has 0 aromatic heterocycles. The van der Waals surface area contributed by atoms with Gasteiger partial charge in [0.2, 0.25) is 0 Å². The van der Waals surface area contributed by atoms with Crippen LogP contribution in [0.2, 0.25) is 0 Å². The lowest BCUT2D eigenvalue weighted by Crippen LogP contribution is -2.40. The van der Waals surface area contributed by atoms with Crippen molar-refractivity contribution in [3.63, 3.8) is 0 Å². The second kappa shape index (κ2) is 8.72. The number of carbonyl (C=O) groups is 2. The van der Waals surface area contributed by atoms with Gasteiger partial charge in [-0.25, -0.2) is 4.79 Å². The van der Waals surface area contributed by atoms with Gasteiger partial charge in [-0.15, -0.1) is 0 Å². The van der Waals surface area contributed by atoms with E-state index in [1.165, 1.54) is 0 Å². The Hall–Kier alpha value is -2.82. The topological polar surface area (TPSA) is 70.2 Å². The van der Waals surface area contributed by atoms with E-state index in [9.17, 15) is 9.59 Å². The number of aryl methyl sites for hydroxylation is 2. The lowest BCUT2D eigenvalue weighted by molar-refractivity contribution is 0.0954. The van der Waals surface area contributed by atoms with Gasteiger partial charge in [0.25, 0.3) is 5.91 Å². The van der Waals surface area contributed by atoms with Crippen molar-refractivity contribution in [2.75, 3.05) is 13.1 Å². The number of benzene rings is 2. The molecular weight excluding hydrogens is 302 g/mol. The van der Waals surface area contributed by atoms with Gasteiger partial charge in [-0.1, -0.05) is 47.5 Å². The average molecular weight is 325 g/mol. The van der Waals surface area contributed by atoms with E-state index >= 15 is 0 Å². The first-order valence-electron chi connectivity index (χ1n) is 7.97. The Morgan fingerprint density at radius 2 is 1.54 bits per heavy atom. The number of hydrogen-bond acceptors (Lipinski definition) is 2. The lowest BCUT2D eigenvalue weighted by Gasteiger charge is -2.09. The van der Waals surface area contributed by atoms with Crippen molar-refractivity contribution in [2.45, 2.75) is 20.4 Å². The van der Waals surface area contributed by atoms with Gasteiger partial charge >= 0.3 is 6.03 Å². The number of hydrogen-bond donors (Lipinski definition) is 3. The van der Waals surface area contributed by atoms with Gasteiger partial charge in [-0.2, -0.15) is 0 Å². The molecular formula is C19H23N3O2. The van der Waals surface area contributed by atoms with Crippen molar-refractivity contribution < 1.29 is 9.59 Å². The maximum Gasteiger partial charge on any atom is 0.315 e. The third kappa shape index (κ3) is 5.76. The summed E-state index contributed by atoms with van der Waals surface area (Å²) in [5, 5.41) is 8.28. The van der Waals surface area contributed by atoms with Gasteiger partial charge in [0, 0.05) is 25.2 Å². The predicted molar refractivity (Wildman–Crippen MR) is 94.9 cm³/mol. The largest absolute Gasteiger partial charge is 0.350 e. The highest BCUT2D eigenvalue weighted by molar-refractivity contribution is 5.94. The minimum Gasteiger partial charge on any atom is -0.350 e. The molecule has 0 saturated carbocycles. The van der Waals surface area contributed by atoms with E-state index < -0.39 is 0 Å². The third-order valence-electron chi connectivity index (χ3n) is 3.55. The summed E-state index contributed by atoms with van der Waals surface area (Å²) in [6, 6.07) is 15.1. The minimum atomic E-state index is -0.249. The summed E-state index contributed by atoms with van der Waals surface area (Å²) >= 11 is 0. The maximum atomic E-state index is 11.9. The molecule has 5 nitrogen and oxygen atoms in total. The molecule has 0 radical (unpaired) electrons. The summed E-state index contributed by atoms with van der Waals surface area (Å²) < 4.78 is 0. The Balaban J connectivity index is 1.64. The summed E-state index contributed by atoms with van der Waals surface area (Å²) in [5.74, 6) is -0.142. The zero-order valence-corrected chi connectivity index (χ0v) is 14.1. The van der Waals surface area contributed by atoms with Crippen LogP contribution in [0.15, 0.2) is 48.5 Å². The molecule has 5 heteroatoms. The molecule has 0 bridgehead atoms. The second-order valence-corrected chi connectivity index (χ2v) is 5.72. The van der Waals surface area contributed by atoms with Crippen molar-refractivity contribution in [3.8, 4) is 0 Å². The Kier molecular flexibility index (Phi) is 6.37. The molecule has 0 aliphatic rings. The fourth-order valence-corrected chi connectivity index (χ4v) is 2.23. The highest BCUT2D eigenvalue weighted by Gasteiger charge is 2.04. The van der Waals surface area contributed by atoms with Crippen molar-refractivity contribution in [2.24, 2.45) is 0 Å². The van der Waals surface area contributed by atoms with Gasteiger partial charge < -0.3 is 16.0 Å². The van der Waals surface area contributed by atoms with Crippen LogP contribution < -0.4 is 16.0 Å². The monoisotopic (exact) mass is 325 g/mol. The SMILES string of the molecule is Cc1ccc(C(=O)NCCNC(=O)NCc2cccc(C)c2)cc1. The third-order valence-corrected chi connectivity index (χ3v) is 3.55. The molecule has 126 valence electrons. The van der Waals surface area contributed by atoms with E-state index in [0.29, 0.717) is 25.2 Å². The number of nitrogens with one attached hydrogen (secondary N) is 3. The summed E-state index contributed by atoms with van der Waals surface area (Å²) in [5.41, 5.74) is 3.94. The Morgan fingerprint density at radius 1 is 0.833 bits per heavy atom. The van der Waals surface area contributed by atoms with E-state index in [4.69, 9.17) is 0 Å². The quantitative estimate of drug-likeness (QED) is 0.714. The molecule has 0 atom stereocenters. The zero-order chi connectivity index (χ0) is 17.4. The van der Waals surface area contributed by atoms with Crippen LogP contribution >= 0.6 is 0 Å². The molecule has 24 heavy (non-hydrogen) atoms. The Bertz CT molecular complexity index is 696. The highest BCUT2D eigenvalue weighted by atomic mass is 16.2. The molecule has 0 aliphatic carbocycles. The first kappa shape index (κ1) is 17.5. The van der Waals surface area contributed by atoms with Crippen LogP contribution in [0.25, 0.3) is 0 Å². The smallest absolute Gasteiger partial charge is 0.315 e. The summed E-state index contributed by atoms with van der Waals surface area (Å²) in [4.78, 5) is 23.6. The van der Waals surface area contributed by atoms with Gasteiger partial charge in [-0.05, 0) is 31.5 Å². The number of amides is 3. The van der Waals surface area contributed by atoms with E-state index in [0.717, 1.165) is 16.7 Å². The molecule has 0 heterocycles. The van der Waals surface area contributed by atoms with Gasteiger partial charge in [0.15, 0.2) is 0 Å². The fraction of sp³-hybridized carbons (Fsp3) is 0.263. The second-order valence-electron chi connectivity index (χ2n) is 5.72. The summed E-state index contributed by atoms with van der Waals surface area (Å²) in [6.45, 7) is 5.21. The van der Waals surface area contributed by atoms with Crippen molar-refractivity contribution in [1.82, 2.24) is 16.0 Å². The number of rotatable bonds is 6. The van der Waals surface area contributed by atoms with Gasteiger partial charge in [0.1, 0.15) is 0 Å². The normalized spacial score (nSPS) is 10.1. The van der Waals surface area contributed by atoms with Crippen LogP contribution in [-0.4, -0.2) is 25.0 Å². The molecule has 0 spiro atoms. The molecule has 0 fully saturated rings. The molecule has 3 amide bonds. The molecule has 2 rings (SSSR count). The van der Waals surface area contributed by atoms with Crippen LogP contribution in [-0.2, 0) is 6.54 Å². The minimum absolute atomic E-state index is 0.142. The van der Waals surface area contributed by atoms with Crippen molar-refractivity contribution in [1.29, 1.82) is 0 Å². The number of urea groups is 1. The molecule has 3 N–H and O–H groups in total. The fourth-order valence-electron chi connectivity index (χ4n) is 2.23. The van der Waals surface area contributed by atoms with Crippen molar-refractivity contribution >= 4 is 11.9 Å². The zero-order valence-electron chi connectivity index (χ0n) is 14.1. The van der Waals surface area contributed by atoms with Gasteiger partial charge in [-0.3, -0.25) is 4.79 Å². The standard InChI is InChI=1S/C19H23N3O2/c1-14-6-8-17(9-7-14)18(23)20-10-11-21-19(24)22-13-16-5-3-4-15(2)12-16/h3-9,12H,10-11,13H2,1-2H3,(H,20,23)(H2,21,22,24). The average Bonchev–Trinajstić information content (AvgIpc) is 2.57. The van der Waals surface area contributed by atoms with E-state index in [1.54, 1.807) is 12.1 Å². The summed E-state index contributed by atoms with van der Waals surface area (Å²) in [7, 11) is 0.